The van der Waals surface area contributed by atoms with Gasteiger partial charge in [-0.15, -0.1) is 11.3 Å². The smallest absolute Gasteiger partial charge is 0.257 e. The van der Waals surface area contributed by atoms with Crippen LogP contribution in [0.2, 0.25) is 0 Å². The van der Waals surface area contributed by atoms with Crippen molar-refractivity contribution in [2.24, 2.45) is 0 Å². The molecule has 2 saturated heterocycles. The van der Waals surface area contributed by atoms with Crippen LogP contribution in [0.3, 0.4) is 0 Å². The molecular formula is C25H24N2O3S. The molecule has 2 fully saturated rings. The zero-order valence-corrected chi connectivity index (χ0v) is 18.0. The summed E-state index contributed by atoms with van der Waals surface area (Å²) in [6.45, 7) is 2.24. The maximum atomic E-state index is 13.8. The van der Waals surface area contributed by atoms with E-state index < -0.39 is 5.60 Å². The van der Waals surface area contributed by atoms with Gasteiger partial charge in [0, 0.05) is 29.4 Å². The van der Waals surface area contributed by atoms with Gasteiger partial charge in [-0.3, -0.25) is 9.59 Å². The van der Waals surface area contributed by atoms with E-state index in [1.54, 1.807) is 16.2 Å². The van der Waals surface area contributed by atoms with Crippen LogP contribution in [0.25, 0.3) is 0 Å². The summed E-state index contributed by atoms with van der Waals surface area (Å²) in [4.78, 5) is 31.8. The topological polar surface area (TPSA) is 49.9 Å². The van der Waals surface area contributed by atoms with Gasteiger partial charge in [-0.25, -0.2) is 0 Å². The number of carbonyl (C=O) groups excluding carboxylic acids is 2. The molecule has 0 radical (unpaired) electrons. The average Bonchev–Trinajstić information content (AvgIpc) is 3.43. The molecule has 0 saturated carbocycles. The summed E-state index contributed by atoms with van der Waals surface area (Å²) in [6.07, 6.45) is 0. The number of amides is 2. The van der Waals surface area contributed by atoms with Crippen molar-refractivity contribution in [2.75, 3.05) is 26.2 Å². The molecule has 3 heterocycles. The second kappa shape index (κ2) is 8.29. The van der Waals surface area contributed by atoms with Gasteiger partial charge in [-0.05, 0) is 29.1 Å². The van der Waals surface area contributed by atoms with Crippen molar-refractivity contribution < 1.29 is 14.3 Å². The molecule has 31 heavy (non-hydrogen) atoms. The molecule has 0 bridgehead atoms. The predicted octanol–water partition coefficient (Wildman–Crippen LogP) is 3.79. The van der Waals surface area contributed by atoms with E-state index in [0.717, 1.165) is 10.4 Å². The van der Waals surface area contributed by atoms with E-state index in [1.165, 1.54) is 0 Å². The second-order valence-corrected chi connectivity index (χ2v) is 9.09. The third-order valence-corrected chi connectivity index (χ3v) is 7.06. The molecule has 2 aromatic carbocycles. The van der Waals surface area contributed by atoms with Crippen molar-refractivity contribution in [3.63, 3.8) is 0 Å². The Balaban J connectivity index is 1.48. The summed E-state index contributed by atoms with van der Waals surface area (Å²) in [6, 6.07) is 23.4. The Morgan fingerprint density at radius 3 is 2.48 bits per heavy atom. The number of carbonyl (C=O) groups is 2. The molecule has 3 aromatic rings. The molecule has 2 amide bonds. The summed E-state index contributed by atoms with van der Waals surface area (Å²) in [5.74, 6) is -0.215. The summed E-state index contributed by atoms with van der Waals surface area (Å²) >= 11 is 1.65. The normalized spacial score (nSPS) is 23.5. The lowest BCUT2D eigenvalue weighted by Crippen LogP contribution is -2.59. The number of morpholine rings is 1. The minimum Gasteiger partial charge on any atom is -0.361 e. The second-order valence-electron chi connectivity index (χ2n) is 8.06. The van der Waals surface area contributed by atoms with E-state index >= 15 is 0 Å². The number of hydrogen-bond donors (Lipinski definition) is 0. The van der Waals surface area contributed by atoms with Gasteiger partial charge in [0.25, 0.3) is 11.8 Å². The lowest BCUT2D eigenvalue weighted by molar-refractivity contribution is -0.160. The standard InChI is InChI=1S/C25H24N2O3S/c28-23(20-10-5-2-6-11-20)26-13-14-30-25(18-26)22(19-8-3-1-4-9-19)17-27(24(25)29)16-21-12-7-15-31-21/h1-12,15,22H,13-14,16-18H2/t22-,25-/m1/s1. The number of thiophene rings is 1. The molecule has 0 N–H and O–H groups in total. The van der Waals surface area contributed by atoms with Gasteiger partial charge in [0.2, 0.25) is 0 Å². The number of nitrogens with zero attached hydrogens (tertiary/aromatic N) is 2. The average molecular weight is 433 g/mol. The highest BCUT2D eigenvalue weighted by Crippen LogP contribution is 2.43. The molecule has 6 heteroatoms. The van der Waals surface area contributed by atoms with Crippen LogP contribution in [-0.2, 0) is 16.1 Å². The zero-order valence-electron chi connectivity index (χ0n) is 17.1. The predicted molar refractivity (Wildman–Crippen MR) is 120 cm³/mol. The van der Waals surface area contributed by atoms with Crippen LogP contribution >= 0.6 is 11.3 Å². The van der Waals surface area contributed by atoms with Gasteiger partial charge in [-0.1, -0.05) is 54.6 Å². The van der Waals surface area contributed by atoms with Crippen LogP contribution in [0.1, 0.15) is 26.7 Å². The summed E-state index contributed by atoms with van der Waals surface area (Å²) < 4.78 is 6.29. The highest BCUT2D eigenvalue weighted by atomic mass is 32.1. The van der Waals surface area contributed by atoms with Crippen molar-refractivity contribution in [1.82, 2.24) is 9.80 Å². The minimum absolute atomic E-state index is 0.0275. The largest absolute Gasteiger partial charge is 0.361 e. The van der Waals surface area contributed by atoms with Crippen LogP contribution < -0.4 is 0 Å². The van der Waals surface area contributed by atoms with Crippen LogP contribution in [-0.4, -0.2) is 53.5 Å². The number of ether oxygens (including phenoxy) is 1. The maximum Gasteiger partial charge on any atom is 0.257 e. The number of benzene rings is 2. The molecule has 5 nitrogen and oxygen atoms in total. The molecule has 2 aliphatic rings. The van der Waals surface area contributed by atoms with E-state index in [0.29, 0.717) is 31.8 Å². The van der Waals surface area contributed by atoms with E-state index in [9.17, 15) is 9.59 Å². The third-order valence-electron chi connectivity index (χ3n) is 6.20. The van der Waals surface area contributed by atoms with Gasteiger partial charge in [-0.2, -0.15) is 0 Å². The quantitative estimate of drug-likeness (QED) is 0.630. The van der Waals surface area contributed by atoms with E-state index in [2.05, 4.69) is 12.1 Å². The minimum atomic E-state index is -1.05. The Morgan fingerprint density at radius 2 is 1.77 bits per heavy atom. The molecule has 0 aliphatic carbocycles. The van der Waals surface area contributed by atoms with Crippen LogP contribution in [0.4, 0.5) is 0 Å². The van der Waals surface area contributed by atoms with Crippen molar-refractivity contribution in [2.45, 2.75) is 18.1 Å². The van der Waals surface area contributed by atoms with Crippen molar-refractivity contribution in [3.05, 3.63) is 94.2 Å². The Morgan fingerprint density at radius 1 is 1.03 bits per heavy atom. The summed E-state index contributed by atoms with van der Waals surface area (Å²) in [5.41, 5.74) is 0.650. The number of hydrogen-bond acceptors (Lipinski definition) is 4. The summed E-state index contributed by atoms with van der Waals surface area (Å²) in [5, 5.41) is 2.03. The Kier molecular flexibility index (Phi) is 5.34. The van der Waals surface area contributed by atoms with E-state index in [1.807, 2.05) is 70.9 Å². The first-order valence-electron chi connectivity index (χ1n) is 10.5. The number of likely N-dealkylation sites (tertiary alicyclic amines) is 1. The van der Waals surface area contributed by atoms with Crippen molar-refractivity contribution in [1.29, 1.82) is 0 Å². The molecule has 158 valence electrons. The SMILES string of the molecule is O=C(c1ccccc1)N1CCO[C@@]2(C1)C(=O)N(Cc1cccs1)C[C@@H]2c1ccccc1. The lowest BCUT2D eigenvalue weighted by Gasteiger charge is -2.42. The molecule has 2 aliphatic heterocycles. The Bertz CT molecular complexity index is 1050. The fourth-order valence-electron chi connectivity index (χ4n) is 4.68. The van der Waals surface area contributed by atoms with E-state index in [4.69, 9.17) is 4.74 Å². The first-order valence-corrected chi connectivity index (χ1v) is 11.4. The van der Waals surface area contributed by atoms with E-state index in [-0.39, 0.29) is 24.3 Å². The Hall–Kier alpha value is -2.96. The highest BCUT2D eigenvalue weighted by Gasteiger charge is 2.58. The maximum absolute atomic E-state index is 13.8. The van der Waals surface area contributed by atoms with Crippen molar-refractivity contribution >= 4 is 23.2 Å². The van der Waals surface area contributed by atoms with Gasteiger partial charge in [0.1, 0.15) is 0 Å². The zero-order chi connectivity index (χ0) is 21.3. The van der Waals surface area contributed by atoms with Gasteiger partial charge in [0.15, 0.2) is 5.60 Å². The number of rotatable bonds is 4. The molecule has 0 unspecified atom stereocenters. The first-order chi connectivity index (χ1) is 15.2. The van der Waals surface area contributed by atoms with Gasteiger partial charge < -0.3 is 14.5 Å². The fraction of sp³-hybridized carbons (Fsp3) is 0.280. The van der Waals surface area contributed by atoms with Gasteiger partial charge in [0.05, 0.1) is 19.7 Å². The molecular weight excluding hydrogens is 408 g/mol. The Labute approximate surface area is 185 Å². The van der Waals surface area contributed by atoms with Crippen LogP contribution in [0.15, 0.2) is 78.2 Å². The molecule has 5 rings (SSSR count). The monoisotopic (exact) mass is 432 g/mol. The van der Waals surface area contributed by atoms with Gasteiger partial charge >= 0.3 is 0 Å². The molecule has 1 spiro atoms. The highest BCUT2D eigenvalue weighted by molar-refractivity contribution is 7.09. The molecule has 1 aromatic heterocycles. The lowest BCUT2D eigenvalue weighted by atomic mass is 9.83. The van der Waals surface area contributed by atoms with Crippen LogP contribution in [0, 0.1) is 0 Å². The molecule has 2 atom stereocenters. The fourth-order valence-corrected chi connectivity index (χ4v) is 5.40. The first kappa shape index (κ1) is 20.0. The van der Waals surface area contributed by atoms with Crippen LogP contribution in [0.5, 0.6) is 0 Å². The van der Waals surface area contributed by atoms with Crippen molar-refractivity contribution in [3.8, 4) is 0 Å². The third kappa shape index (κ3) is 3.66. The summed E-state index contributed by atoms with van der Waals surface area (Å²) in [7, 11) is 0.